The molecular weight excluding hydrogens is 298 g/mol. The third-order valence-corrected chi connectivity index (χ3v) is 5.24. The Balaban J connectivity index is 1.83. The van der Waals surface area contributed by atoms with Gasteiger partial charge in [0.1, 0.15) is 5.75 Å². The van der Waals surface area contributed by atoms with Gasteiger partial charge in [-0.15, -0.1) is 0 Å². The highest BCUT2D eigenvalue weighted by atomic mass is 35.5. The van der Waals surface area contributed by atoms with E-state index in [2.05, 4.69) is 19.9 Å². The molecule has 0 aromatic heterocycles. The lowest BCUT2D eigenvalue weighted by Gasteiger charge is -2.31. The zero-order chi connectivity index (χ0) is 15.7. The maximum Gasteiger partial charge on any atom is 0.138 e. The van der Waals surface area contributed by atoms with E-state index < -0.39 is 0 Å². The molecule has 22 heavy (non-hydrogen) atoms. The van der Waals surface area contributed by atoms with Crippen LogP contribution in [0.3, 0.4) is 0 Å². The van der Waals surface area contributed by atoms with Gasteiger partial charge in [0.25, 0.3) is 0 Å². The molecule has 1 saturated carbocycles. The summed E-state index contributed by atoms with van der Waals surface area (Å²) >= 11 is 6.36. The molecule has 0 amide bonds. The summed E-state index contributed by atoms with van der Waals surface area (Å²) in [6.45, 7) is 5.96. The van der Waals surface area contributed by atoms with Crippen LogP contribution < -0.4 is 4.74 Å². The summed E-state index contributed by atoms with van der Waals surface area (Å²) < 4.78 is 10.9. The van der Waals surface area contributed by atoms with E-state index in [1.807, 2.05) is 12.3 Å². The molecule has 3 rings (SSSR count). The largest absolute Gasteiger partial charge is 0.492 e. The van der Waals surface area contributed by atoms with Gasteiger partial charge in [-0.25, -0.2) is 0 Å². The van der Waals surface area contributed by atoms with Crippen LogP contribution in [0.5, 0.6) is 5.75 Å². The molecule has 0 N–H and O–H groups in total. The molecule has 0 spiro atoms. The Bertz CT molecular complexity index is 583. The highest BCUT2D eigenvalue weighted by Crippen LogP contribution is 2.51. The van der Waals surface area contributed by atoms with Crippen LogP contribution in [0, 0.1) is 5.41 Å². The molecule has 1 aliphatic carbocycles. The fourth-order valence-corrected chi connectivity index (χ4v) is 3.91. The first-order valence-corrected chi connectivity index (χ1v) is 8.39. The number of methoxy groups -OCH3 is 1. The number of benzene rings is 1. The molecule has 1 fully saturated rings. The number of halogens is 1. The Morgan fingerprint density at radius 2 is 2.14 bits per heavy atom. The van der Waals surface area contributed by atoms with Gasteiger partial charge in [0.2, 0.25) is 0 Å². The summed E-state index contributed by atoms with van der Waals surface area (Å²) in [5.41, 5.74) is 2.77. The zero-order valence-corrected chi connectivity index (χ0v) is 14.3. The molecule has 0 radical (unpaired) electrons. The van der Waals surface area contributed by atoms with Gasteiger partial charge in [0.15, 0.2) is 0 Å². The predicted molar refractivity (Wildman–Crippen MR) is 90.6 cm³/mol. The standard InChI is InChI=1S/C18H24ClNO2/c1-18(2)6-5-13-14-10-16(22-8-4-7-21-3)15(19)9-12(14)11-20-17(13)18/h9-11,13,17H,4-8H2,1-3H3/t13-,17+/m1/s1. The van der Waals surface area contributed by atoms with Crippen molar-refractivity contribution in [1.29, 1.82) is 0 Å². The lowest BCUT2D eigenvalue weighted by Crippen LogP contribution is -2.28. The Labute approximate surface area is 137 Å². The van der Waals surface area contributed by atoms with E-state index in [0.717, 1.165) is 17.7 Å². The van der Waals surface area contributed by atoms with Crippen molar-refractivity contribution in [3.05, 3.63) is 28.3 Å². The maximum atomic E-state index is 6.36. The fourth-order valence-electron chi connectivity index (χ4n) is 3.68. The van der Waals surface area contributed by atoms with Gasteiger partial charge in [-0.05, 0) is 41.5 Å². The van der Waals surface area contributed by atoms with E-state index in [9.17, 15) is 0 Å². The molecule has 2 atom stereocenters. The quantitative estimate of drug-likeness (QED) is 0.750. The van der Waals surface area contributed by atoms with Crippen molar-refractivity contribution in [2.24, 2.45) is 10.4 Å². The van der Waals surface area contributed by atoms with E-state index in [1.54, 1.807) is 7.11 Å². The second-order valence-electron chi connectivity index (χ2n) is 6.96. The Morgan fingerprint density at radius 1 is 1.32 bits per heavy atom. The van der Waals surface area contributed by atoms with Crippen LogP contribution in [0.2, 0.25) is 5.02 Å². The number of hydrogen-bond acceptors (Lipinski definition) is 3. The van der Waals surface area contributed by atoms with Gasteiger partial charge in [0, 0.05) is 32.3 Å². The Morgan fingerprint density at radius 3 is 2.91 bits per heavy atom. The Hall–Kier alpha value is -1.06. The van der Waals surface area contributed by atoms with Gasteiger partial charge in [-0.3, -0.25) is 4.99 Å². The molecule has 3 nitrogen and oxygen atoms in total. The molecule has 1 aliphatic heterocycles. The van der Waals surface area contributed by atoms with Crippen molar-refractivity contribution in [1.82, 2.24) is 0 Å². The summed E-state index contributed by atoms with van der Waals surface area (Å²) in [5.74, 6) is 1.28. The van der Waals surface area contributed by atoms with Gasteiger partial charge in [0.05, 0.1) is 17.7 Å². The summed E-state index contributed by atoms with van der Waals surface area (Å²) in [5, 5.41) is 0.665. The fraction of sp³-hybridized carbons (Fsp3) is 0.611. The lowest BCUT2D eigenvalue weighted by atomic mass is 9.80. The SMILES string of the molecule is COCCCOc1cc2c(cc1Cl)C=N[C@H]1[C@@H]2CCC1(C)C. The second-order valence-corrected chi connectivity index (χ2v) is 7.37. The molecule has 4 heteroatoms. The number of fused-ring (bicyclic) bond motifs is 3. The first-order valence-electron chi connectivity index (χ1n) is 8.01. The summed E-state index contributed by atoms with van der Waals surface area (Å²) in [4.78, 5) is 4.80. The summed E-state index contributed by atoms with van der Waals surface area (Å²) in [7, 11) is 1.70. The zero-order valence-electron chi connectivity index (χ0n) is 13.6. The molecule has 0 bridgehead atoms. The van der Waals surface area contributed by atoms with Crippen LogP contribution in [0.15, 0.2) is 17.1 Å². The van der Waals surface area contributed by atoms with E-state index in [0.29, 0.717) is 30.2 Å². The van der Waals surface area contributed by atoms with Crippen molar-refractivity contribution in [3.63, 3.8) is 0 Å². The van der Waals surface area contributed by atoms with Crippen LogP contribution >= 0.6 is 11.6 Å². The molecule has 2 aliphatic rings. The Kier molecular flexibility index (Phi) is 4.47. The smallest absolute Gasteiger partial charge is 0.138 e. The minimum Gasteiger partial charge on any atom is -0.492 e. The first-order chi connectivity index (χ1) is 10.5. The monoisotopic (exact) mass is 321 g/mol. The van der Waals surface area contributed by atoms with Crippen molar-refractivity contribution in [2.75, 3.05) is 20.3 Å². The topological polar surface area (TPSA) is 30.8 Å². The van der Waals surface area contributed by atoms with E-state index in [1.165, 1.54) is 18.4 Å². The van der Waals surface area contributed by atoms with Crippen LogP contribution in [0.1, 0.15) is 50.2 Å². The maximum absolute atomic E-state index is 6.36. The van der Waals surface area contributed by atoms with E-state index in [-0.39, 0.29) is 5.41 Å². The molecule has 1 heterocycles. The average Bonchev–Trinajstić information content (AvgIpc) is 2.79. The van der Waals surface area contributed by atoms with E-state index >= 15 is 0 Å². The highest BCUT2D eigenvalue weighted by molar-refractivity contribution is 6.32. The normalized spacial score (nSPS) is 24.9. The second kappa shape index (κ2) is 6.21. The average molecular weight is 322 g/mol. The van der Waals surface area contributed by atoms with Crippen molar-refractivity contribution >= 4 is 17.8 Å². The minimum absolute atomic E-state index is 0.276. The highest BCUT2D eigenvalue weighted by Gasteiger charge is 2.44. The third-order valence-electron chi connectivity index (χ3n) is 4.94. The molecule has 1 aromatic carbocycles. The van der Waals surface area contributed by atoms with E-state index in [4.69, 9.17) is 26.1 Å². The summed E-state index contributed by atoms with van der Waals surface area (Å²) in [6.07, 6.45) is 5.26. The van der Waals surface area contributed by atoms with Crippen molar-refractivity contribution in [2.45, 2.75) is 45.1 Å². The summed E-state index contributed by atoms with van der Waals surface area (Å²) in [6, 6.07) is 4.50. The molecule has 0 saturated heterocycles. The number of rotatable bonds is 5. The molecular formula is C18H24ClNO2. The minimum atomic E-state index is 0.276. The van der Waals surface area contributed by atoms with Crippen LogP contribution in [-0.4, -0.2) is 32.6 Å². The molecule has 1 aromatic rings. The van der Waals surface area contributed by atoms with Crippen molar-refractivity contribution < 1.29 is 9.47 Å². The number of aliphatic imine (C=N–C) groups is 1. The number of nitrogens with zero attached hydrogens (tertiary/aromatic N) is 1. The first kappa shape index (κ1) is 15.8. The van der Waals surface area contributed by atoms with Gasteiger partial charge in [-0.1, -0.05) is 25.4 Å². The molecule has 0 unspecified atom stereocenters. The number of hydrogen-bond donors (Lipinski definition) is 0. The van der Waals surface area contributed by atoms with Gasteiger partial charge in [-0.2, -0.15) is 0 Å². The van der Waals surface area contributed by atoms with Gasteiger partial charge < -0.3 is 9.47 Å². The van der Waals surface area contributed by atoms with Crippen LogP contribution in [-0.2, 0) is 4.74 Å². The van der Waals surface area contributed by atoms with Crippen molar-refractivity contribution in [3.8, 4) is 5.75 Å². The number of ether oxygens (including phenoxy) is 2. The molecule has 120 valence electrons. The van der Waals surface area contributed by atoms with Crippen LogP contribution in [0.25, 0.3) is 0 Å². The lowest BCUT2D eigenvalue weighted by molar-refractivity contribution is 0.172. The predicted octanol–water partition coefficient (Wildman–Crippen LogP) is 4.46. The van der Waals surface area contributed by atoms with Gasteiger partial charge >= 0.3 is 0 Å². The third kappa shape index (κ3) is 2.89. The van der Waals surface area contributed by atoms with Crippen LogP contribution in [0.4, 0.5) is 0 Å².